The molecule has 1 aromatic heterocycles. The van der Waals surface area contributed by atoms with Gasteiger partial charge in [0.2, 0.25) is 5.82 Å². The zero-order valence-corrected chi connectivity index (χ0v) is 16.8. The van der Waals surface area contributed by atoms with E-state index < -0.39 is 0 Å². The van der Waals surface area contributed by atoms with Crippen LogP contribution in [0.25, 0.3) is 22.8 Å². The summed E-state index contributed by atoms with van der Waals surface area (Å²) in [6, 6.07) is 22.8. The second-order valence-corrected chi connectivity index (χ2v) is 6.97. The Morgan fingerprint density at radius 3 is 2.60 bits per heavy atom. The van der Waals surface area contributed by atoms with Crippen molar-refractivity contribution in [2.75, 3.05) is 11.9 Å². The summed E-state index contributed by atoms with van der Waals surface area (Å²) in [7, 11) is 0. The van der Waals surface area contributed by atoms with Gasteiger partial charge in [-0.25, -0.2) is 0 Å². The predicted molar refractivity (Wildman–Crippen MR) is 115 cm³/mol. The minimum absolute atomic E-state index is 0.101. The first-order valence-electron chi connectivity index (χ1n) is 9.58. The number of carbonyl (C=O) groups is 1. The Labute approximate surface area is 174 Å². The molecule has 0 unspecified atom stereocenters. The van der Waals surface area contributed by atoms with E-state index in [-0.39, 0.29) is 12.5 Å². The number of ether oxygens (including phenoxy) is 1. The summed E-state index contributed by atoms with van der Waals surface area (Å²) in [4.78, 5) is 16.7. The molecule has 6 heteroatoms. The normalized spacial score (nSPS) is 10.6. The molecule has 3 aromatic carbocycles. The number of rotatable bonds is 6. The van der Waals surface area contributed by atoms with Gasteiger partial charge in [-0.05, 0) is 49.2 Å². The molecule has 0 radical (unpaired) electrons. The Kier molecular flexibility index (Phi) is 5.57. The van der Waals surface area contributed by atoms with Crippen molar-refractivity contribution < 1.29 is 14.1 Å². The SMILES string of the molecule is Cc1ccc(C)c(NC(=O)COc2cccc(-c3nc(-c4ccccc4)no3)c2)c1. The quantitative estimate of drug-likeness (QED) is 0.492. The van der Waals surface area contributed by atoms with E-state index in [1.807, 2.05) is 74.5 Å². The van der Waals surface area contributed by atoms with Crippen LogP contribution >= 0.6 is 0 Å². The third-order valence-electron chi connectivity index (χ3n) is 4.58. The van der Waals surface area contributed by atoms with Crippen LogP contribution in [0.4, 0.5) is 5.69 Å². The standard InChI is InChI=1S/C24H21N3O3/c1-16-11-12-17(2)21(13-16)25-22(28)15-29-20-10-6-9-19(14-20)24-26-23(27-30-24)18-7-4-3-5-8-18/h3-14H,15H2,1-2H3,(H,25,28). The van der Waals surface area contributed by atoms with Crippen molar-refractivity contribution in [3.8, 4) is 28.6 Å². The first-order chi connectivity index (χ1) is 14.6. The number of amides is 1. The van der Waals surface area contributed by atoms with Gasteiger partial charge in [0, 0.05) is 16.8 Å². The molecule has 0 atom stereocenters. The lowest BCUT2D eigenvalue weighted by molar-refractivity contribution is -0.118. The molecule has 1 amide bonds. The van der Waals surface area contributed by atoms with E-state index in [1.54, 1.807) is 12.1 Å². The van der Waals surface area contributed by atoms with E-state index in [9.17, 15) is 4.79 Å². The Hall–Kier alpha value is -3.93. The molecule has 0 aliphatic carbocycles. The third kappa shape index (κ3) is 4.55. The van der Waals surface area contributed by atoms with E-state index >= 15 is 0 Å². The molecular weight excluding hydrogens is 378 g/mol. The topological polar surface area (TPSA) is 77.2 Å². The summed E-state index contributed by atoms with van der Waals surface area (Å²) < 4.78 is 11.1. The van der Waals surface area contributed by atoms with Crippen molar-refractivity contribution in [3.63, 3.8) is 0 Å². The van der Waals surface area contributed by atoms with E-state index in [0.717, 1.165) is 27.9 Å². The minimum Gasteiger partial charge on any atom is -0.484 e. The first-order valence-corrected chi connectivity index (χ1v) is 9.58. The van der Waals surface area contributed by atoms with Gasteiger partial charge in [-0.1, -0.05) is 53.7 Å². The van der Waals surface area contributed by atoms with Crippen LogP contribution < -0.4 is 10.1 Å². The zero-order chi connectivity index (χ0) is 20.9. The molecule has 0 spiro atoms. The number of benzene rings is 3. The summed E-state index contributed by atoms with van der Waals surface area (Å²) >= 11 is 0. The molecular formula is C24H21N3O3. The average Bonchev–Trinajstić information content (AvgIpc) is 3.26. The molecule has 0 aliphatic heterocycles. The Morgan fingerprint density at radius 2 is 1.77 bits per heavy atom. The number of anilines is 1. The molecule has 1 heterocycles. The Bertz CT molecular complexity index is 1170. The number of hydrogen-bond donors (Lipinski definition) is 1. The van der Waals surface area contributed by atoms with Gasteiger partial charge in [-0.3, -0.25) is 4.79 Å². The molecule has 4 aromatic rings. The fourth-order valence-corrected chi connectivity index (χ4v) is 2.97. The molecule has 4 rings (SSSR count). The van der Waals surface area contributed by atoms with Crippen molar-refractivity contribution in [2.24, 2.45) is 0 Å². The highest BCUT2D eigenvalue weighted by Crippen LogP contribution is 2.25. The number of carbonyl (C=O) groups excluding carboxylic acids is 1. The largest absolute Gasteiger partial charge is 0.484 e. The molecule has 0 fully saturated rings. The van der Waals surface area contributed by atoms with Crippen LogP contribution in [0.15, 0.2) is 77.3 Å². The second kappa shape index (κ2) is 8.61. The van der Waals surface area contributed by atoms with E-state index in [1.165, 1.54) is 0 Å². The highest BCUT2D eigenvalue weighted by atomic mass is 16.5. The third-order valence-corrected chi connectivity index (χ3v) is 4.58. The number of nitrogens with one attached hydrogen (secondary N) is 1. The van der Waals surface area contributed by atoms with Crippen molar-refractivity contribution in [1.29, 1.82) is 0 Å². The minimum atomic E-state index is -0.224. The average molecular weight is 399 g/mol. The molecule has 30 heavy (non-hydrogen) atoms. The molecule has 0 saturated heterocycles. The summed E-state index contributed by atoms with van der Waals surface area (Å²) in [5.41, 5.74) is 4.47. The maximum absolute atomic E-state index is 12.3. The van der Waals surface area contributed by atoms with Crippen LogP contribution in [0.2, 0.25) is 0 Å². The van der Waals surface area contributed by atoms with Crippen molar-refractivity contribution >= 4 is 11.6 Å². The molecule has 150 valence electrons. The maximum Gasteiger partial charge on any atom is 0.262 e. The Balaban J connectivity index is 1.42. The maximum atomic E-state index is 12.3. The van der Waals surface area contributed by atoms with Crippen LogP contribution in [0.1, 0.15) is 11.1 Å². The summed E-state index contributed by atoms with van der Waals surface area (Å²) in [6.07, 6.45) is 0. The lowest BCUT2D eigenvalue weighted by atomic mass is 10.1. The fraction of sp³-hybridized carbons (Fsp3) is 0.125. The van der Waals surface area contributed by atoms with Crippen LogP contribution in [0.3, 0.4) is 0 Å². The van der Waals surface area contributed by atoms with E-state index in [4.69, 9.17) is 9.26 Å². The van der Waals surface area contributed by atoms with Gasteiger partial charge in [-0.2, -0.15) is 4.98 Å². The summed E-state index contributed by atoms with van der Waals surface area (Å²) in [5, 5.41) is 6.92. The molecule has 0 saturated carbocycles. The van der Waals surface area contributed by atoms with Crippen LogP contribution in [0.5, 0.6) is 5.75 Å². The second-order valence-electron chi connectivity index (χ2n) is 6.97. The van der Waals surface area contributed by atoms with Crippen molar-refractivity contribution in [1.82, 2.24) is 10.1 Å². The van der Waals surface area contributed by atoms with Crippen LogP contribution in [0, 0.1) is 13.8 Å². The smallest absolute Gasteiger partial charge is 0.262 e. The van der Waals surface area contributed by atoms with Crippen LogP contribution in [-0.2, 0) is 4.79 Å². The van der Waals surface area contributed by atoms with Crippen molar-refractivity contribution in [3.05, 3.63) is 83.9 Å². The zero-order valence-electron chi connectivity index (χ0n) is 16.8. The summed E-state index contributed by atoms with van der Waals surface area (Å²) in [5.74, 6) is 1.23. The first kappa shape index (κ1) is 19.4. The number of aryl methyl sites for hydroxylation is 2. The predicted octanol–water partition coefficient (Wildman–Crippen LogP) is 5.04. The van der Waals surface area contributed by atoms with Gasteiger partial charge < -0.3 is 14.6 Å². The molecule has 0 aliphatic rings. The van der Waals surface area contributed by atoms with Crippen molar-refractivity contribution in [2.45, 2.75) is 13.8 Å². The lowest BCUT2D eigenvalue weighted by Crippen LogP contribution is -2.20. The van der Waals surface area contributed by atoms with E-state index in [2.05, 4.69) is 15.5 Å². The highest BCUT2D eigenvalue weighted by Gasteiger charge is 2.12. The van der Waals surface area contributed by atoms with Gasteiger partial charge in [-0.15, -0.1) is 0 Å². The highest BCUT2D eigenvalue weighted by molar-refractivity contribution is 5.92. The van der Waals surface area contributed by atoms with Gasteiger partial charge in [0.15, 0.2) is 6.61 Å². The van der Waals surface area contributed by atoms with Gasteiger partial charge in [0.05, 0.1) is 0 Å². The number of aromatic nitrogens is 2. The van der Waals surface area contributed by atoms with Gasteiger partial charge in [0.1, 0.15) is 5.75 Å². The fourth-order valence-electron chi connectivity index (χ4n) is 2.97. The summed E-state index contributed by atoms with van der Waals surface area (Å²) in [6.45, 7) is 3.83. The Morgan fingerprint density at radius 1 is 0.967 bits per heavy atom. The lowest BCUT2D eigenvalue weighted by Gasteiger charge is -2.10. The van der Waals surface area contributed by atoms with E-state index in [0.29, 0.717) is 17.5 Å². The monoisotopic (exact) mass is 399 g/mol. The molecule has 0 bridgehead atoms. The van der Waals surface area contributed by atoms with Gasteiger partial charge in [0.25, 0.3) is 11.8 Å². The molecule has 6 nitrogen and oxygen atoms in total. The molecule has 1 N–H and O–H groups in total. The van der Waals surface area contributed by atoms with Gasteiger partial charge >= 0.3 is 0 Å². The number of hydrogen-bond acceptors (Lipinski definition) is 5. The number of nitrogens with zero attached hydrogens (tertiary/aromatic N) is 2. The van der Waals surface area contributed by atoms with Crippen LogP contribution in [-0.4, -0.2) is 22.7 Å².